The lowest BCUT2D eigenvalue weighted by Gasteiger charge is -2.14. The fraction of sp³-hybridized carbons (Fsp3) is 0.364. The molecule has 4 rings (SSSR count). The van der Waals surface area contributed by atoms with Gasteiger partial charge in [-0.05, 0) is 55.6 Å². The molecule has 2 aromatic carbocycles. The highest BCUT2D eigenvalue weighted by Crippen LogP contribution is 2.27. The van der Waals surface area contributed by atoms with E-state index in [1.807, 2.05) is 36.4 Å². The molecule has 5 nitrogen and oxygen atoms in total. The van der Waals surface area contributed by atoms with E-state index in [9.17, 15) is 4.79 Å². The van der Waals surface area contributed by atoms with Crippen molar-refractivity contribution in [2.45, 2.75) is 39.2 Å². The van der Waals surface area contributed by atoms with Crippen LogP contribution in [0, 0.1) is 0 Å². The van der Waals surface area contributed by atoms with Gasteiger partial charge in [-0.15, -0.1) is 0 Å². The van der Waals surface area contributed by atoms with Crippen LogP contribution in [0.1, 0.15) is 47.9 Å². The Bertz CT molecular complexity index is 970. The van der Waals surface area contributed by atoms with Crippen LogP contribution < -0.4 is 10.6 Å². The summed E-state index contributed by atoms with van der Waals surface area (Å²) in [6.45, 7) is 7.09. The minimum atomic E-state index is -0.0533. The number of carbonyl (C=O) groups is 1. The Kier molecular flexibility index (Phi) is 4.94. The van der Waals surface area contributed by atoms with E-state index < -0.39 is 0 Å². The van der Waals surface area contributed by atoms with E-state index >= 15 is 0 Å². The minimum Gasteiger partial charge on any atom is -0.328 e. The topological polar surface area (TPSA) is 59.0 Å². The lowest BCUT2D eigenvalue weighted by molar-refractivity contribution is 0.102. The monoisotopic (exact) mass is 362 g/mol. The molecule has 27 heavy (non-hydrogen) atoms. The summed E-state index contributed by atoms with van der Waals surface area (Å²) in [5.41, 5.74) is 4.73. The summed E-state index contributed by atoms with van der Waals surface area (Å²) in [6.07, 6.45) is 1.97. The third-order valence-corrected chi connectivity index (χ3v) is 5.42. The summed E-state index contributed by atoms with van der Waals surface area (Å²) in [7, 11) is 0. The molecule has 1 fully saturated rings. The number of anilines is 1. The number of rotatable bonds is 5. The van der Waals surface area contributed by atoms with Crippen molar-refractivity contribution in [3.05, 3.63) is 59.4 Å². The molecule has 0 unspecified atom stereocenters. The van der Waals surface area contributed by atoms with Gasteiger partial charge in [-0.25, -0.2) is 4.98 Å². The maximum atomic E-state index is 13.0. The number of nitrogens with one attached hydrogen (secondary N) is 2. The average Bonchev–Trinajstić information content (AvgIpc) is 3.35. The summed E-state index contributed by atoms with van der Waals surface area (Å²) in [5.74, 6) is 1.43. The third kappa shape index (κ3) is 3.35. The molecule has 5 heteroatoms. The zero-order valence-electron chi connectivity index (χ0n) is 16.0. The standard InChI is InChI=1S/C22H26N4O/c1-3-21-25-19-13-16(9-10-20(19)26(21)4-2)24-22(27)18-8-6-5-7-17(18)15-11-12-23-14-15/h5-10,13,15,23H,3-4,11-12,14H2,1-2H3,(H,24,27)/t15-/m1/s1. The largest absolute Gasteiger partial charge is 0.328 e. The Hall–Kier alpha value is -2.66. The van der Waals surface area contributed by atoms with E-state index in [0.29, 0.717) is 5.92 Å². The molecule has 2 heterocycles. The Morgan fingerprint density at radius 3 is 2.85 bits per heavy atom. The van der Waals surface area contributed by atoms with Gasteiger partial charge in [0.25, 0.3) is 5.91 Å². The minimum absolute atomic E-state index is 0.0533. The maximum Gasteiger partial charge on any atom is 0.255 e. The van der Waals surface area contributed by atoms with Gasteiger partial charge in [-0.3, -0.25) is 4.79 Å². The Morgan fingerprint density at radius 1 is 1.26 bits per heavy atom. The van der Waals surface area contributed by atoms with E-state index in [0.717, 1.165) is 66.1 Å². The molecular formula is C22H26N4O. The molecule has 1 aliphatic rings. The van der Waals surface area contributed by atoms with E-state index in [1.165, 1.54) is 0 Å². The molecule has 0 saturated carbocycles. The van der Waals surface area contributed by atoms with Crippen molar-refractivity contribution < 1.29 is 4.79 Å². The van der Waals surface area contributed by atoms with Gasteiger partial charge < -0.3 is 15.2 Å². The van der Waals surface area contributed by atoms with Crippen molar-refractivity contribution in [2.24, 2.45) is 0 Å². The van der Waals surface area contributed by atoms with Crippen LogP contribution in [0.4, 0.5) is 5.69 Å². The zero-order chi connectivity index (χ0) is 18.8. The predicted octanol–water partition coefficient (Wildman–Crippen LogP) is 3.95. The van der Waals surface area contributed by atoms with Gasteiger partial charge in [0.05, 0.1) is 11.0 Å². The Balaban J connectivity index is 1.62. The highest BCUT2D eigenvalue weighted by atomic mass is 16.1. The second-order valence-electron chi connectivity index (χ2n) is 7.06. The van der Waals surface area contributed by atoms with Crippen LogP contribution in [0.2, 0.25) is 0 Å². The van der Waals surface area contributed by atoms with Crippen LogP contribution in [-0.4, -0.2) is 28.5 Å². The molecule has 0 radical (unpaired) electrons. The molecule has 1 saturated heterocycles. The van der Waals surface area contributed by atoms with E-state index in [-0.39, 0.29) is 5.91 Å². The Morgan fingerprint density at radius 2 is 2.11 bits per heavy atom. The van der Waals surface area contributed by atoms with Gasteiger partial charge in [-0.1, -0.05) is 25.1 Å². The van der Waals surface area contributed by atoms with Gasteiger partial charge in [0.2, 0.25) is 0 Å². The lowest BCUT2D eigenvalue weighted by Crippen LogP contribution is -2.17. The van der Waals surface area contributed by atoms with Crippen molar-refractivity contribution in [3.63, 3.8) is 0 Å². The zero-order valence-corrected chi connectivity index (χ0v) is 16.0. The number of hydrogen-bond acceptors (Lipinski definition) is 3. The van der Waals surface area contributed by atoms with Crippen LogP contribution in [0.25, 0.3) is 11.0 Å². The fourth-order valence-corrected chi connectivity index (χ4v) is 4.06. The van der Waals surface area contributed by atoms with Gasteiger partial charge in [0.1, 0.15) is 5.82 Å². The van der Waals surface area contributed by atoms with Crippen molar-refractivity contribution in [3.8, 4) is 0 Å². The normalized spacial score (nSPS) is 16.7. The third-order valence-electron chi connectivity index (χ3n) is 5.42. The quantitative estimate of drug-likeness (QED) is 0.722. The summed E-state index contributed by atoms with van der Waals surface area (Å²) < 4.78 is 2.23. The van der Waals surface area contributed by atoms with Crippen LogP contribution in [-0.2, 0) is 13.0 Å². The molecule has 0 spiro atoms. The van der Waals surface area contributed by atoms with Crippen molar-refractivity contribution in [2.75, 3.05) is 18.4 Å². The molecule has 140 valence electrons. The van der Waals surface area contributed by atoms with E-state index in [4.69, 9.17) is 4.98 Å². The first-order valence-corrected chi connectivity index (χ1v) is 9.81. The molecule has 0 aliphatic carbocycles. The SMILES string of the molecule is CCc1nc2cc(NC(=O)c3ccccc3[C@@H]3CCNC3)ccc2n1CC. The number of aryl methyl sites for hydroxylation is 2. The lowest BCUT2D eigenvalue weighted by atomic mass is 9.93. The van der Waals surface area contributed by atoms with Crippen molar-refractivity contribution >= 4 is 22.6 Å². The predicted molar refractivity (Wildman–Crippen MR) is 109 cm³/mol. The first kappa shape index (κ1) is 17.7. The number of aromatic nitrogens is 2. The van der Waals surface area contributed by atoms with Gasteiger partial charge in [0, 0.05) is 30.8 Å². The number of fused-ring (bicyclic) bond motifs is 1. The Labute approximate surface area is 159 Å². The number of carbonyl (C=O) groups excluding carboxylic acids is 1. The number of nitrogens with zero attached hydrogens (tertiary/aromatic N) is 2. The summed E-state index contributed by atoms with van der Waals surface area (Å²) >= 11 is 0. The second-order valence-corrected chi connectivity index (χ2v) is 7.06. The molecule has 2 N–H and O–H groups in total. The maximum absolute atomic E-state index is 13.0. The molecule has 0 bridgehead atoms. The molecular weight excluding hydrogens is 336 g/mol. The van der Waals surface area contributed by atoms with Gasteiger partial charge in [0.15, 0.2) is 0 Å². The molecule has 3 aromatic rings. The number of imidazole rings is 1. The summed E-state index contributed by atoms with van der Waals surface area (Å²) in [6, 6.07) is 13.9. The first-order valence-electron chi connectivity index (χ1n) is 9.81. The van der Waals surface area contributed by atoms with E-state index in [2.05, 4.69) is 35.1 Å². The fourth-order valence-electron chi connectivity index (χ4n) is 4.06. The summed E-state index contributed by atoms with van der Waals surface area (Å²) in [4.78, 5) is 17.7. The van der Waals surface area contributed by atoms with Crippen LogP contribution in [0.3, 0.4) is 0 Å². The van der Waals surface area contributed by atoms with Gasteiger partial charge in [-0.2, -0.15) is 0 Å². The van der Waals surface area contributed by atoms with Crippen molar-refractivity contribution in [1.82, 2.24) is 14.9 Å². The highest BCUT2D eigenvalue weighted by molar-refractivity contribution is 6.06. The van der Waals surface area contributed by atoms with E-state index in [1.54, 1.807) is 0 Å². The summed E-state index contributed by atoms with van der Waals surface area (Å²) in [5, 5.41) is 6.45. The number of benzene rings is 2. The smallest absolute Gasteiger partial charge is 0.255 e. The molecule has 1 amide bonds. The van der Waals surface area contributed by atoms with Crippen LogP contribution in [0.5, 0.6) is 0 Å². The first-order chi connectivity index (χ1) is 13.2. The second kappa shape index (κ2) is 7.53. The van der Waals surface area contributed by atoms with Gasteiger partial charge >= 0.3 is 0 Å². The molecule has 1 aromatic heterocycles. The molecule has 1 aliphatic heterocycles. The van der Waals surface area contributed by atoms with Crippen molar-refractivity contribution in [1.29, 1.82) is 0 Å². The molecule has 1 atom stereocenters. The highest BCUT2D eigenvalue weighted by Gasteiger charge is 2.22. The van der Waals surface area contributed by atoms with Crippen LogP contribution in [0.15, 0.2) is 42.5 Å². The number of hydrogen-bond donors (Lipinski definition) is 2. The average molecular weight is 362 g/mol. The van der Waals surface area contributed by atoms with Crippen LogP contribution >= 0.6 is 0 Å². The number of amides is 1.